The Bertz CT molecular complexity index is 915. The number of benzene rings is 2. The quantitative estimate of drug-likeness (QED) is 0.727. The van der Waals surface area contributed by atoms with E-state index in [-0.39, 0.29) is 11.8 Å². The van der Waals surface area contributed by atoms with Gasteiger partial charge in [-0.1, -0.05) is 37.3 Å². The van der Waals surface area contributed by atoms with E-state index in [1.807, 2.05) is 35.2 Å². The lowest BCUT2D eigenvalue weighted by Crippen LogP contribution is -2.51. The largest absolute Gasteiger partial charge is 0.497 e. The van der Waals surface area contributed by atoms with Crippen LogP contribution >= 0.6 is 0 Å². The third kappa shape index (κ3) is 5.74. The van der Waals surface area contributed by atoms with Crippen molar-refractivity contribution in [3.63, 3.8) is 0 Å². The van der Waals surface area contributed by atoms with Crippen molar-refractivity contribution in [1.29, 1.82) is 0 Å². The number of nitrogens with zero attached hydrogens (tertiary/aromatic N) is 2. The first-order valence-corrected chi connectivity index (χ1v) is 12.1. The van der Waals surface area contributed by atoms with Gasteiger partial charge in [0, 0.05) is 24.7 Å². The van der Waals surface area contributed by atoms with E-state index in [1.54, 1.807) is 31.4 Å². The van der Waals surface area contributed by atoms with Crippen molar-refractivity contribution in [2.24, 2.45) is 5.92 Å². The zero-order chi connectivity index (χ0) is 23.2. The topological polar surface area (TPSA) is 61.9 Å². The van der Waals surface area contributed by atoms with Gasteiger partial charge in [0.1, 0.15) is 11.8 Å². The molecule has 6 heteroatoms. The summed E-state index contributed by atoms with van der Waals surface area (Å²) < 4.78 is 5.18. The lowest BCUT2D eigenvalue weighted by Gasteiger charge is -2.42. The Morgan fingerprint density at radius 2 is 1.55 bits per heavy atom. The number of carbonyl (C=O) groups is 2. The lowest BCUT2D eigenvalue weighted by atomic mass is 9.94. The molecule has 2 heterocycles. The fourth-order valence-electron chi connectivity index (χ4n) is 4.92. The minimum Gasteiger partial charge on any atom is -0.497 e. The molecule has 4 rings (SSSR count). The highest BCUT2D eigenvalue weighted by Crippen LogP contribution is 2.25. The molecule has 33 heavy (non-hydrogen) atoms. The Balaban J connectivity index is 1.42. The molecule has 0 saturated carbocycles. The van der Waals surface area contributed by atoms with E-state index in [0.717, 1.165) is 37.4 Å². The number of ether oxygens (including phenoxy) is 1. The maximum atomic E-state index is 13.6. The van der Waals surface area contributed by atoms with Gasteiger partial charge in [-0.05, 0) is 74.5 Å². The number of piperidine rings is 2. The molecule has 2 saturated heterocycles. The Kier molecular flexibility index (Phi) is 7.65. The minimum absolute atomic E-state index is 0.0335. The summed E-state index contributed by atoms with van der Waals surface area (Å²) in [7, 11) is 1.59. The zero-order valence-electron chi connectivity index (χ0n) is 19.7. The summed E-state index contributed by atoms with van der Waals surface area (Å²) in [5, 5.41) is 2.98. The van der Waals surface area contributed by atoms with E-state index in [0.29, 0.717) is 17.4 Å². The first-order valence-electron chi connectivity index (χ1n) is 12.1. The Morgan fingerprint density at radius 1 is 0.909 bits per heavy atom. The van der Waals surface area contributed by atoms with Gasteiger partial charge >= 0.3 is 0 Å². The van der Waals surface area contributed by atoms with E-state index < -0.39 is 6.04 Å². The Morgan fingerprint density at radius 3 is 2.15 bits per heavy atom. The summed E-state index contributed by atoms with van der Waals surface area (Å²) in [6.07, 6.45) is 4.53. The molecule has 2 aliphatic rings. The molecule has 2 fully saturated rings. The summed E-state index contributed by atoms with van der Waals surface area (Å²) in [6.45, 7) is 6.14. The van der Waals surface area contributed by atoms with Gasteiger partial charge in [-0.2, -0.15) is 0 Å². The second-order valence-corrected chi connectivity index (χ2v) is 9.32. The van der Waals surface area contributed by atoms with Gasteiger partial charge in [0.2, 0.25) is 5.91 Å². The SMILES string of the molecule is COc1ccc(C(=O)N[C@@H](C(=O)N2CCC(N3CCC(C)CC3)CC2)c2ccccc2)cc1. The second-order valence-electron chi connectivity index (χ2n) is 9.32. The molecule has 1 atom stereocenters. The van der Waals surface area contributed by atoms with Gasteiger partial charge < -0.3 is 19.9 Å². The summed E-state index contributed by atoms with van der Waals surface area (Å²) in [6, 6.07) is 16.3. The maximum Gasteiger partial charge on any atom is 0.252 e. The number of amides is 2. The predicted octanol–water partition coefficient (Wildman–Crippen LogP) is 3.89. The van der Waals surface area contributed by atoms with Crippen LogP contribution in [0, 0.1) is 5.92 Å². The third-order valence-corrected chi connectivity index (χ3v) is 7.12. The molecule has 0 aliphatic carbocycles. The molecular formula is C27H35N3O3. The van der Waals surface area contributed by atoms with Crippen molar-refractivity contribution >= 4 is 11.8 Å². The predicted molar refractivity (Wildman–Crippen MR) is 129 cm³/mol. The van der Waals surface area contributed by atoms with Gasteiger partial charge in [0.05, 0.1) is 7.11 Å². The van der Waals surface area contributed by atoms with Crippen LogP contribution < -0.4 is 10.1 Å². The first-order chi connectivity index (χ1) is 16.0. The molecule has 6 nitrogen and oxygen atoms in total. The van der Waals surface area contributed by atoms with Crippen LogP contribution in [-0.4, -0.2) is 60.9 Å². The Hall–Kier alpha value is -2.86. The number of nitrogens with one attached hydrogen (secondary N) is 1. The van der Waals surface area contributed by atoms with Crippen LogP contribution in [0.4, 0.5) is 0 Å². The molecule has 0 unspecified atom stereocenters. The first kappa shape index (κ1) is 23.3. The highest BCUT2D eigenvalue weighted by molar-refractivity contribution is 5.98. The van der Waals surface area contributed by atoms with E-state index in [9.17, 15) is 9.59 Å². The average molecular weight is 450 g/mol. The van der Waals surface area contributed by atoms with Gasteiger partial charge in [0.25, 0.3) is 5.91 Å². The third-order valence-electron chi connectivity index (χ3n) is 7.12. The van der Waals surface area contributed by atoms with Crippen molar-refractivity contribution < 1.29 is 14.3 Å². The molecule has 0 bridgehead atoms. The molecule has 0 spiro atoms. The smallest absolute Gasteiger partial charge is 0.252 e. The normalized spacial score (nSPS) is 19.2. The zero-order valence-corrected chi connectivity index (χ0v) is 19.7. The van der Waals surface area contributed by atoms with E-state index in [1.165, 1.54) is 25.9 Å². The van der Waals surface area contributed by atoms with Crippen molar-refractivity contribution in [3.05, 3.63) is 65.7 Å². The van der Waals surface area contributed by atoms with Crippen molar-refractivity contribution in [3.8, 4) is 5.75 Å². The molecule has 2 aromatic carbocycles. The van der Waals surface area contributed by atoms with Crippen LogP contribution in [0.3, 0.4) is 0 Å². The average Bonchev–Trinajstić information content (AvgIpc) is 2.88. The van der Waals surface area contributed by atoms with Crippen LogP contribution in [0.1, 0.15) is 54.6 Å². The molecule has 176 valence electrons. The number of carbonyl (C=O) groups excluding carboxylic acids is 2. The van der Waals surface area contributed by atoms with Crippen LogP contribution in [-0.2, 0) is 4.79 Å². The van der Waals surface area contributed by atoms with Crippen molar-refractivity contribution in [1.82, 2.24) is 15.1 Å². The summed E-state index contributed by atoms with van der Waals surface area (Å²) in [5.41, 5.74) is 1.30. The molecule has 2 amide bonds. The monoisotopic (exact) mass is 449 g/mol. The Labute approximate surface area is 196 Å². The van der Waals surface area contributed by atoms with Gasteiger partial charge in [-0.25, -0.2) is 0 Å². The fraction of sp³-hybridized carbons (Fsp3) is 0.481. The van der Waals surface area contributed by atoms with Crippen molar-refractivity contribution in [2.75, 3.05) is 33.3 Å². The number of methoxy groups -OCH3 is 1. The standard InChI is InChI=1S/C27H35N3O3/c1-20-12-16-29(17-13-20)23-14-18-30(19-15-23)27(32)25(21-6-4-3-5-7-21)28-26(31)22-8-10-24(33-2)11-9-22/h3-11,20,23,25H,12-19H2,1-2H3,(H,28,31)/t25-/m1/s1. The lowest BCUT2D eigenvalue weighted by molar-refractivity contribution is -0.135. The summed E-state index contributed by atoms with van der Waals surface area (Å²) >= 11 is 0. The molecule has 0 aromatic heterocycles. The van der Waals surface area contributed by atoms with E-state index in [2.05, 4.69) is 17.1 Å². The van der Waals surface area contributed by atoms with Crippen LogP contribution in [0.2, 0.25) is 0 Å². The molecule has 2 aromatic rings. The number of likely N-dealkylation sites (tertiary alicyclic amines) is 2. The van der Waals surface area contributed by atoms with Gasteiger partial charge in [0.15, 0.2) is 0 Å². The van der Waals surface area contributed by atoms with Gasteiger partial charge in [-0.15, -0.1) is 0 Å². The molecule has 2 aliphatic heterocycles. The number of hydrogen-bond donors (Lipinski definition) is 1. The van der Waals surface area contributed by atoms with Crippen molar-refractivity contribution in [2.45, 2.75) is 44.7 Å². The van der Waals surface area contributed by atoms with Crippen LogP contribution in [0.25, 0.3) is 0 Å². The fourth-order valence-corrected chi connectivity index (χ4v) is 4.92. The number of hydrogen-bond acceptors (Lipinski definition) is 4. The summed E-state index contributed by atoms with van der Waals surface area (Å²) in [5.74, 6) is 1.21. The molecule has 0 radical (unpaired) electrons. The van der Waals surface area contributed by atoms with E-state index in [4.69, 9.17) is 4.74 Å². The number of rotatable bonds is 6. The molecular weight excluding hydrogens is 414 g/mol. The van der Waals surface area contributed by atoms with Gasteiger partial charge in [-0.3, -0.25) is 9.59 Å². The minimum atomic E-state index is -0.701. The van der Waals surface area contributed by atoms with E-state index >= 15 is 0 Å². The maximum absolute atomic E-state index is 13.6. The molecule has 1 N–H and O–H groups in total. The highest BCUT2D eigenvalue weighted by Gasteiger charge is 2.33. The highest BCUT2D eigenvalue weighted by atomic mass is 16.5. The van der Waals surface area contributed by atoms with Crippen LogP contribution in [0.15, 0.2) is 54.6 Å². The second kappa shape index (κ2) is 10.8. The van der Waals surface area contributed by atoms with Crippen LogP contribution in [0.5, 0.6) is 5.75 Å². The summed E-state index contributed by atoms with van der Waals surface area (Å²) in [4.78, 5) is 31.1.